The van der Waals surface area contributed by atoms with E-state index in [9.17, 15) is 4.79 Å². The zero-order valence-electron chi connectivity index (χ0n) is 14.9. The van der Waals surface area contributed by atoms with Crippen LogP contribution in [-0.4, -0.2) is 19.1 Å². The van der Waals surface area contributed by atoms with Gasteiger partial charge in [0, 0.05) is 12.1 Å². The lowest BCUT2D eigenvalue weighted by Crippen LogP contribution is -2.36. The van der Waals surface area contributed by atoms with Crippen LogP contribution in [0.3, 0.4) is 0 Å². The lowest BCUT2D eigenvalue weighted by Gasteiger charge is -2.22. The van der Waals surface area contributed by atoms with Gasteiger partial charge in [-0.1, -0.05) is 30.3 Å². The van der Waals surface area contributed by atoms with Crippen LogP contribution in [0.15, 0.2) is 42.5 Å². The van der Waals surface area contributed by atoms with Crippen molar-refractivity contribution in [3.63, 3.8) is 0 Å². The maximum atomic E-state index is 12.4. The Labute approximate surface area is 149 Å². The standard InChI is InChI=1S/C21H25NO3/c1-15(21(23)22-14-17-9-4-6-12-19(17)24-2)25-20-13-7-10-16-8-3-5-11-18(16)20/h4,6-7,9-10,12-13,15H,3,5,8,11,14H2,1-2H3,(H,22,23). The van der Waals surface area contributed by atoms with Gasteiger partial charge in [0.05, 0.1) is 7.11 Å². The molecule has 132 valence electrons. The highest BCUT2D eigenvalue weighted by Gasteiger charge is 2.19. The third kappa shape index (κ3) is 4.13. The van der Waals surface area contributed by atoms with Crippen molar-refractivity contribution in [3.05, 3.63) is 59.2 Å². The molecule has 0 saturated carbocycles. The Bertz CT molecular complexity index is 742. The molecule has 0 bridgehead atoms. The molecule has 2 aromatic rings. The molecule has 1 aliphatic carbocycles. The molecule has 0 spiro atoms. The number of carbonyl (C=O) groups excluding carboxylic acids is 1. The Morgan fingerprint density at radius 2 is 1.84 bits per heavy atom. The highest BCUT2D eigenvalue weighted by Crippen LogP contribution is 2.30. The van der Waals surface area contributed by atoms with E-state index in [1.807, 2.05) is 36.4 Å². The summed E-state index contributed by atoms with van der Waals surface area (Å²) in [6.45, 7) is 2.21. The number of aryl methyl sites for hydroxylation is 1. The van der Waals surface area contributed by atoms with Crippen LogP contribution in [0, 0.1) is 0 Å². The van der Waals surface area contributed by atoms with Crippen LogP contribution < -0.4 is 14.8 Å². The molecule has 1 aliphatic rings. The summed E-state index contributed by atoms with van der Waals surface area (Å²) in [6, 6.07) is 13.8. The smallest absolute Gasteiger partial charge is 0.261 e. The number of carbonyl (C=O) groups is 1. The summed E-state index contributed by atoms with van der Waals surface area (Å²) in [4.78, 5) is 12.4. The van der Waals surface area contributed by atoms with E-state index in [1.54, 1.807) is 14.0 Å². The van der Waals surface area contributed by atoms with Gasteiger partial charge in [-0.25, -0.2) is 0 Å². The third-order valence-corrected chi connectivity index (χ3v) is 4.67. The van der Waals surface area contributed by atoms with Crippen molar-refractivity contribution in [3.8, 4) is 11.5 Å². The first kappa shape index (κ1) is 17.3. The number of benzene rings is 2. The Kier molecular flexibility index (Phi) is 5.59. The molecule has 4 nitrogen and oxygen atoms in total. The lowest BCUT2D eigenvalue weighted by molar-refractivity contribution is -0.127. The summed E-state index contributed by atoms with van der Waals surface area (Å²) in [5.41, 5.74) is 3.56. The zero-order valence-corrected chi connectivity index (χ0v) is 14.9. The second-order valence-electron chi connectivity index (χ2n) is 6.39. The minimum Gasteiger partial charge on any atom is -0.496 e. The summed E-state index contributed by atoms with van der Waals surface area (Å²) >= 11 is 0. The van der Waals surface area contributed by atoms with E-state index in [2.05, 4.69) is 11.4 Å². The van der Waals surface area contributed by atoms with Crippen LogP contribution in [0.25, 0.3) is 0 Å². The minimum absolute atomic E-state index is 0.126. The van der Waals surface area contributed by atoms with E-state index in [4.69, 9.17) is 9.47 Å². The van der Waals surface area contributed by atoms with E-state index in [1.165, 1.54) is 24.0 Å². The average molecular weight is 339 g/mol. The normalized spacial score (nSPS) is 14.3. The van der Waals surface area contributed by atoms with Gasteiger partial charge in [0.25, 0.3) is 5.91 Å². The molecule has 0 aliphatic heterocycles. The largest absolute Gasteiger partial charge is 0.496 e. The Hall–Kier alpha value is -2.49. The number of methoxy groups -OCH3 is 1. The predicted octanol–water partition coefficient (Wildman–Crippen LogP) is 3.66. The molecule has 1 amide bonds. The number of nitrogens with one attached hydrogen (secondary N) is 1. The average Bonchev–Trinajstić information content (AvgIpc) is 2.66. The fraction of sp³-hybridized carbons (Fsp3) is 0.381. The first-order valence-corrected chi connectivity index (χ1v) is 8.86. The molecule has 4 heteroatoms. The molecule has 0 radical (unpaired) electrons. The van der Waals surface area contributed by atoms with E-state index in [-0.39, 0.29) is 5.91 Å². The van der Waals surface area contributed by atoms with Crippen molar-refractivity contribution >= 4 is 5.91 Å². The Morgan fingerprint density at radius 3 is 2.68 bits per heavy atom. The summed E-state index contributed by atoms with van der Waals surface area (Å²) in [6.07, 6.45) is 4.00. The van der Waals surface area contributed by atoms with Crippen molar-refractivity contribution < 1.29 is 14.3 Å². The van der Waals surface area contributed by atoms with Gasteiger partial charge in [-0.3, -0.25) is 4.79 Å². The van der Waals surface area contributed by atoms with Gasteiger partial charge in [0.15, 0.2) is 6.10 Å². The second-order valence-corrected chi connectivity index (χ2v) is 6.39. The fourth-order valence-corrected chi connectivity index (χ4v) is 3.28. The molecular formula is C21H25NO3. The molecular weight excluding hydrogens is 314 g/mol. The number of hydrogen-bond donors (Lipinski definition) is 1. The summed E-state index contributed by atoms with van der Waals surface area (Å²) < 4.78 is 11.3. The molecule has 1 unspecified atom stereocenters. The van der Waals surface area contributed by atoms with Gasteiger partial charge in [-0.15, -0.1) is 0 Å². The first-order chi connectivity index (χ1) is 12.2. The van der Waals surface area contributed by atoms with Gasteiger partial charge in [0.1, 0.15) is 11.5 Å². The molecule has 2 aromatic carbocycles. The van der Waals surface area contributed by atoms with Crippen LogP contribution in [0.5, 0.6) is 11.5 Å². The number of para-hydroxylation sites is 1. The summed E-state index contributed by atoms with van der Waals surface area (Å²) in [5, 5.41) is 2.93. The number of ether oxygens (including phenoxy) is 2. The number of rotatable bonds is 6. The quantitative estimate of drug-likeness (QED) is 0.874. The van der Waals surface area contributed by atoms with Crippen LogP contribution in [0.2, 0.25) is 0 Å². The molecule has 0 fully saturated rings. The van der Waals surface area contributed by atoms with Crippen molar-refractivity contribution in [2.75, 3.05) is 7.11 Å². The fourth-order valence-electron chi connectivity index (χ4n) is 3.28. The van der Waals surface area contributed by atoms with Gasteiger partial charge in [0.2, 0.25) is 0 Å². The monoisotopic (exact) mass is 339 g/mol. The van der Waals surface area contributed by atoms with Crippen LogP contribution in [0.4, 0.5) is 0 Å². The number of amides is 1. The SMILES string of the molecule is COc1ccccc1CNC(=O)C(C)Oc1cccc2c1CCCC2. The maximum Gasteiger partial charge on any atom is 0.261 e. The third-order valence-electron chi connectivity index (χ3n) is 4.67. The van der Waals surface area contributed by atoms with E-state index < -0.39 is 6.10 Å². The molecule has 3 rings (SSSR count). The van der Waals surface area contributed by atoms with Gasteiger partial charge in [-0.2, -0.15) is 0 Å². The second kappa shape index (κ2) is 8.06. The molecule has 0 aromatic heterocycles. The maximum absolute atomic E-state index is 12.4. The zero-order chi connectivity index (χ0) is 17.6. The first-order valence-electron chi connectivity index (χ1n) is 8.86. The highest BCUT2D eigenvalue weighted by molar-refractivity contribution is 5.80. The minimum atomic E-state index is -0.539. The Morgan fingerprint density at radius 1 is 1.08 bits per heavy atom. The lowest BCUT2D eigenvalue weighted by atomic mass is 9.91. The van der Waals surface area contributed by atoms with Crippen LogP contribution >= 0.6 is 0 Å². The molecule has 1 N–H and O–H groups in total. The summed E-state index contributed by atoms with van der Waals surface area (Å²) in [7, 11) is 1.63. The predicted molar refractivity (Wildman–Crippen MR) is 98.0 cm³/mol. The van der Waals surface area contributed by atoms with Crippen molar-refractivity contribution in [2.24, 2.45) is 0 Å². The molecule has 1 atom stereocenters. The van der Waals surface area contributed by atoms with E-state index in [0.29, 0.717) is 6.54 Å². The number of fused-ring (bicyclic) bond motifs is 1. The van der Waals surface area contributed by atoms with Gasteiger partial charge in [-0.05, 0) is 55.9 Å². The van der Waals surface area contributed by atoms with Gasteiger partial charge < -0.3 is 14.8 Å². The van der Waals surface area contributed by atoms with Crippen LogP contribution in [-0.2, 0) is 24.2 Å². The Balaban J connectivity index is 1.62. The van der Waals surface area contributed by atoms with Crippen molar-refractivity contribution in [2.45, 2.75) is 45.3 Å². The molecule has 0 heterocycles. The topological polar surface area (TPSA) is 47.6 Å². The van der Waals surface area contributed by atoms with E-state index >= 15 is 0 Å². The highest BCUT2D eigenvalue weighted by atomic mass is 16.5. The van der Waals surface area contributed by atoms with Crippen molar-refractivity contribution in [1.29, 1.82) is 0 Å². The van der Waals surface area contributed by atoms with Gasteiger partial charge >= 0.3 is 0 Å². The number of hydrogen-bond acceptors (Lipinski definition) is 3. The molecule has 25 heavy (non-hydrogen) atoms. The summed E-state index contributed by atoms with van der Waals surface area (Å²) in [5.74, 6) is 1.49. The van der Waals surface area contributed by atoms with Crippen LogP contribution in [0.1, 0.15) is 36.5 Å². The molecule has 0 saturated heterocycles. The van der Waals surface area contributed by atoms with E-state index in [0.717, 1.165) is 29.9 Å². The van der Waals surface area contributed by atoms with Crippen molar-refractivity contribution in [1.82, 2.24) is 5.32 Å².